The summed E-state index contributed by atoms with van der Waals surface area (Å²) in [6.07, 6.45) is 2.87. The largest absolute Gasteiger partial charge is 0.351 e. The molecule has 3 amide bonds. The molecule has 15 heavy (non-hydrogen) atoms. The number of hydrogen-bond donors (Lipinski definition) is 2. The van der Waals surface area contributed by atoms with Crippen LogP contribution in [0.4, 0.5) is 4.79 Å². The van der Waals surface area contributed by atoms with Gasteiger partial charge in [-0.15, -0.1) is 0 Å². The van der Waals surface area contributed by atoms with Crippen LogP contribution in [0.25, 0.3) is 0 Å². The van der Waals surface area contributed by atoms with Gasteiger partial charge in [-0.25, -0.2) is 9.78 Å². The highest BCUT2D eigenvalue weighted by molar-refractivity contribution is 5.95. The lowest BCUT2D eigenvalue weighted by molar-refractivity contribution is -0.122. The molecule has 1 unspecified atom stereocenters. The molecule has 1 aromatic rings. The van der Waals surface area contributed by atoms with Gasteiger partial charge in [0.25, 0.3) is 5.91 Å². The van der Waals surface area contributed by atoms with E-state index in [0.717, 1.165) is 0 Å². The van der Waals surface area contributed by atoms with Crippen LogP contribution in [0.5, 0.6) is 0 Å². The standard InChI is InChI=1S/C8H9N5O2/c1-5(7(14)12-8(10)15)13-3-2-11-6(13)4-9/h2-3,5H,1H3,(H3,10,12,14,15). The number of imidazole rings is 1. The Labute approximate surface area is 85.5 Å². The molecule has 0 aromatic carbocycles. The summed E-state index contributed by atoms with van der Waals surface area (Å²) in [6.45, 7) is 1.53. The van der Waals surface area contributed by atoms with Crippen LogP contribution < -0.4 is 11.1 Å². The van der Waals surface area contributed by atoms with Crippen molar-refractivity contribution < 1.29 is 9.59 Å². The number of hydrogen-bond acceptors (Lipinski definition) is 4. The van der Waals surface area contributed by atoms with E-state index in [1.165, 1.54) is 23.9 Å². The van der Waals surface area contributed by atoms with Crippen molar-refractivity contribution in [1.82, 2.24) is 14.9 Å². The summed E-state index contributed by atoms with van der Waals surface area (Å²) in [5.41, 5.74) is 4.79. The molecule has 0 aliphatic heterocycles. The van der Waals surface area contributed by atoms with Gasteiger partial charge in [-0.2, -0.15) is 5.26 Å². The monoisotopic (exact) mass is 207 g/mol. The molecule has 7 heteroatoms. The highest BCUT2D eigenvalue weighted by Crippen LogP contribution is 2.08. The second-order valence-electron chi connectivity index (χ2n) is 2.80. The smallest absolute Gasteiger partial charge is 0.318 e. The van der Waals surface area contributed by atoms with Gasteiger partial charge in [-0.3, -0.25) is 10.1 Å². The highest BCUT2D eigenvalue weighted by Gasteiger charge is 2.18. The van der Waals surface area contributed by atoms with Gasteiger partial charge < -0.3 is 10.3 Å². The third-order valence-electron chi connectivity index (χ3n) is 1.81. The summed E-state index contributed by atoms with van der Waals surface area (Å²) >= 11 is 0. The molecule has 1 atom stereocenters. The molecule has 0 saturated carbocycles. The van der Waals surface area contributed by atoms with Gasteiger partial charge in [-0.1, -0.05) is 0 Å². The first-order valence-corrected chi connectivity index (χ1v) is 4.09. The molecule has 0 fully saturated rings. The van der Waals surface area contributed by atoms with E-state index in [1.54, 1.807) is 0 Å². The fourth-order valence-corrected chi connectivity index (χ4v) is 1.06. The fraction of sp³-hybridized carbons (Fsp3) is 0.250. The van der Waals surface area contributed by atoms with Gasteiger partial charge in [-0.05, 0) is 6.92 Å². The number of nitrogens with one attached hydrogen (secondary N) is 1. The molecule has 7 nitrogen and oxygen atoms in total. The number of nitriles is 1. The normalized spacial score (nSPS) is 11.5. The van der Waals surface area contributed by atoms with Crippen LogP contribution in [0.15, 0.2) is 12.4 Å². The number of urea groups is 1. The number of imide groups is 1. The van der Waals surface area contributed by atoms with E-state index in [0.29, 0.717) is 0 Å². The van der Waals surface area contributed by atoms with E-state index in [9.17, 15) is 9.59 Å². The fourth-order valence-electron chi connectivity index (χ4n) is 1.06. The summed E-state index contributed by atoms with van der Waals surface area (Å²) < 4.78 is 1.35. The third kappa shape index (κ3) is 2.31. The number of rotatable bonds is 2. The molecule has 1 rings (SSSR count). The first-order valence-electron chi connectivity index (χ1n) is 4.09. The number of carbonyl (C=O) groups is 2. The number of amides is 3. The number of aromatic nitrogens is 2. The molecule has 1 heterocycles. The maximum absolute atomic E-state index is 11.4. The second-order valence-corrected chi connectivity index (χ2v) is 2.80. The minimum Gasteiger partial charge on any atom is -0.351 e. The molecule has 0 aliphatic rings. The molecule has 0 saturated heterocycles. The van der Waals surface area contributed by atoms with Gasteiger partial charge >= 0.3 is 6.03 Å². The minimum atomic E-state index is -0.925. The predicted octanol–water partition coefficient (Wildman–Crippen LogP) is -0.489. The predicted molar refractivity (Wildman–Crippen MR) is 49.4 cm³/mol. The number of carbonyl (C=O) groups excluding carboxylic acids is 2. The van der Waals surface area contributed by atoms with Crippen molar-refractivity contribution in [3.63, 3.8) is 0 Å². The molecule has 3 N–H and O–H groups in total. The lowest BCUT2D eigenvalue weighted by Crippen LogP contribution is -2.39. The first kappa shape index (κ1) is 10.7. The lowest BCUT2D eigenvalue weighted by Gasteiger charge is -2.12. The minimum absolute atomic E-state index is 0.0992. The Morgan fingerprint density at radius 2 is 2.40 bits per heavy atom. The molecule has 1 aromatic heterocycles. The number of nitrogens with two attached hydrogens (primary N) is 1. The average molecular weight is 207 g/mol. The molecule has 0 spiro atoms. The SMILES string of the molecule is CC(C(=O)NC(N)=O)n1ccnc1C#N. The van der Waals surface area contributed by atoms with Gasteiger partial charge in [0.05, 0.1) is 0 Å². The van der Waals surface area contributed by atoms with E-state index in [1.807, 2.05) is 11.4 Å². The van der Waals surface area contributed by atoms with Crippen LogP contribution in [-0.4, -0.2) is 21.5 Å². The lowest BCUT2D eigenvalue weighted by atomic mass is 10.3. The summed E-state index contributed by atoms with van der Waals surface area (Å²) in [6, 6.07) is 0.182. The summed E-state index contributed by atoms with van der Waals surface area (Å²) in [4.78, 5) is 25.5. The maximum Gasteiger partial charge on any atom is 0.318 e. The van der Waals surface area contributed by atoms with Crippen LogP contribution in [0.1, 0.15) is 18.8 Å². The summed E-state index contributed by atoms with van der Waals surface area (Å²) in [5, 5.41) is 10.6. The Morgan fingerprint density at radius 1 is 1.73 bits per heavy atom. The molecular formula is C8H9N5O2. The topological polar surface area (TPSA) is 114 Å². The third-order valence-corrected chi connectivity index (χ3v) is 1.81. The number of nitrogens with zero attached hydrogens (tertiary/aromatic N) is 3. The van der Waals surface area contributed by atoms with Crippen molar-refractivity contribution in [3.05, 3.63) is 18.2 Å². The maximum atomic E-state index is 11.4. The van der Waals surface area contributed by atoms with E-state index >= 15 is 0 Å². The Bertz CT molecular complexity index is 430. The second kappa shape index (κ2) is 4.23. The van der Waals surface area contributed by atoms with Gasteiger partial charge in [0.2, 0.25) is 5.82 Å². The van der Waals surface area contributed by atoms with Crippen molar-refractivity contribution in [2.45, 2.75) is 13.0 Å². The van der Waals surface area contributed by atoms with Crippen LogP contribution in [0.2, 0.25) is 0 Å². The van der Waals surface area contributed by atoms with Gasteiger partial charge in [0.15, 0.2) is 0 Å². The summed E-state index contributed by atoms with van der Waals surface area (Å²) in [5.74, 6) is -0.487. The van der Waals surface area contributed by atoms with E-state index < -0.39 is 18.0 Å². The Morgan fingerprint density at radius 3 is 2.93 bits per heavy atom. The van der Waals surface area contributed by atoms with E-state index in [-0.39, 0.29) is 5.82 Å². The first-order chi connectivity index (χ1) is 7.06. The van der Waals surface area contributed by atoms with Crippen molar-refractivity contribution >= 4 is 11.9 Å². The Balaban J connectivity index is 2.86. The van der Waals surface area contributed by atoms with Crippen molar-refractivity contribution in [1.29, 1.82) is 5.26 Å². The zero-order valence-electron chi connectivity index (χ0n) is 7.97. The summed E-state index contributed by atoms with van der Waals surface area (Å²) in [7, 11) is 0. The van der Waals surface area contributed by atoms with E-state index in [4.69, 9.17) is 11.0 Å². The van der Waals surface area contributed by atoms with Gasteiger partial charge in [0, 0.05) is 12.4 Å². The zero-order valence-corrected chi connectivity index (χ0v) is 7.97. The van der Waals surface area contributed by atoms with E-state index in [2.05, 4.69) is 4.98 Å². The Kier molecular flexibility index (Phi) is 3.03. The van der Waals surface area contributed by atoms with Gasteiger partial charge in [0.1, 0.15) is 12.1 Å². The van der Waals surface area contributed by atoms with Crippen molar-refractivity contribution in [2.24, 2.45) is 5.73 Å². The van der Waals surface area contributed by atoms with Crippen molar-refractivity contribution in [2.75, 3.05) is 0 Å². The highest BCUT2D eigenvalue weighted by atomic mass is 16.2. The molecule has 0 bridgehead atoms. The molecule has 0 aliphatic carbocycles. The molecule has 78 valence electrons. The van der Waals surface area contributed by atoms with Crippen LogP contribution in [-0.2, 0) is 4.79 Å². The van der Waals surface area contributed by atoms with Crippen LogP contribution >= 0.6 is 0 Å². The zero-order chi connectivity index (χ0) is 11.4. The Hall–Kier alpha value is -2.36. The quantitative estimate of drug-likeness (QED) is 0.680. The van der Waals surface area contributed by atoms with Crippen LogP contribution in [0.3, 0.4) is 0 Å². The molecular weight excluding hydrogens is 198 g/mol. The average Bonchev–Trinajstić information content (AvgIpc) is 2.62. The molecule has 0 radical (unpaired) electrons. The number of primary amides is 1. The van der Waals surface area contributed by atoms with Crippen LogP contribution in [0, 0.1) is 11.3 Å². The van der Waals surface area contributed by atoms with Crippen molar-refractivity contribution in [3.8, 4) is 6.07 Å².